The lowest BCUT2D eigenvalue weighted by Gasteiger charge is -2.26. The minimum absolute atomic E-state index is 0.165. The number of ether oxygens (including phenoxy) is 3. The number of hydrogen-bond acceptors (Lipinski definition) is 7. The lowest BCUT2D eigenvalue weighted by atomic mass is 10.2. The Morgan fingerprint density at radius 1 is 1.31 bits per heavy atom. The van der Waals surface area contributed by atoms with Crippen molar-refractivity contribution in [3.63, 3.8) is 0 Å². The Kier molecular flexibility index (Phi) is 5.26. The molecule has 2 atom stereocenters. The van der Waals surface area contributed by atoms with Crippen LogP contribution in [0.1, 0.15) is 23.7 Å². The third kappa shape index (κ3) is 3.71. The van der Waals surface area contributed by atoms with Gasteiger partial charge in [0.05, 0.1) is 23.7 Å². The first-order valence-corrected chi connectivity index (χ1v) is 9.52. The fraction of sp³-hybridized carbons (Fsp3) is 0.500. The van der Waals surface area contributed by atoms with Crippen molar-refractivity contribution in [1.82, 2.24) is 4.31 Å². The van der Waals surface area contributed by atoms with Gasteiger partial charge in [0, 0.05) is 19.5 Å². The van der Waals surface area contributed by atoms with Crippen LogP contribution in [0.4, 0.5) is 4.39 Å². The van der Waals surface area contributed by atoms with Gasteiger partial charge >= 0.3 is 11.9 Å². The van der Waals surface area contributed by atoms with Gasteiger partial charge in [0.25, 0.3) is 0 Å². The van der Waals surface area contributed by atoms with Crippen LogP contribution in [0.15, 0.2) is 23.1 Å². The van der Waals surface area contributed by atoms with E-state index in [9.17, 15) is 22.4 Å². The van der Waals surface area contributed by atoms with Crippen LogP contribution in [0.25, 0.3) is 0 Å². The standard InChI is InChI=1S/C16H18FNO7S/c1-10-8-14(16(20)24-10)25-15(19)12-9-11(2-3-13(12)17)26(21,22)18-4-6-23-7-5-18/h2-3,9-10,14H,4-8H2,1H3/t10-,14-/m1/s1. The maximum atomic E-state index is 14.1. The Balaban J connectivity index is 1.83. The maximum absolute atomic E-state index is 14.1. The van der Waals surface area contributed by atoms with Crippen molar-refractivity contribution in [2.75, 3.05) is 26.3 Å². The smallest absolute Gasteiger partial charge is 0.347 e. The number of carbonyl (C=O) groups excluding carboxylic acids is 2. The number of rotatable bonds is 4. The minimum Gasteiger partial charge on any atom is -0.460 e. The molecule has 0 bridgehead atoms. The predicted molar refractivity (Wildman–Crippen MR) is 85.4 cm³/mol. The van der Waals surface area contributed by atoms with Crippen molar-refractivity contribution in [3.8, 4) is 0 Å². The molecule has 0 radical (unpaired) electrons. The molecule has 0 amide bonds. The molecule has 2 heterocycles. The first kappa shape index (κ1) is 18.7. The van der Waals surface area contributed by atoms with Crippen LogP contribution in [-0.2, 0) is 29.0 Å². The highest BCUT2D eigenvalue weighted by Gasteiger charge is 2.36. The second-order valence-electron chi connectivity index (χ2n) is 6.04. The first-order valence-electron chi connectivity index (χ1n) is 8.08. The van der Waals surface area contributed by atoms with E-state index in [4.69, 9.17) is 14.2 Å². The Labute approximate surface area is 149 Å². The van der Waals surface area contributed by atoms with Gasteiger partial charge in [-0.1, -0.05) is 0 Å². The summed E-state index contributed by atoms with van der Waals surface area (Å²) in [5, 5.41) is 0. The molecule has 0 spiro atoms. The van der Waals surface area contributed by atoms with E-state index in [1.807, 2.05) is 0 Å². The third-order valence-electron chi connectivity index (χ3n) is 4.14. The molecule has 0 saturated carbocycles. The molecule has 26 heavy (non-hydrogen) atoms. The topological polar surface area (TPSA) is 99.2 Å². The van der Waals surface area contributed by atoms with E-state index in [2.05, 4.69) is 0 Å². The summed E-state index contributed by atoms with van der Waals surface area (Å²) in [4.78, 5) is 23.6. The number of nitrogens with zero attached hydrogens (tertiary/aromatic N) is 1. The van der Waals surface area contributed by atoms with Crippen LogP contribution in [0.2, 0.25) is 0 Å². The van der Waals surface area contributed by atoms with Gasteiger partial charge in [0.15, 0.2) is 0 Å². The molecule has 3 rings (SSSR count). The number of halogens is 1. The summed E-state index contributed by atoms with van der Waals surface area (Å²) in [5.74, 6) is -2.75. The Morgan fingerprint density at radius 2 is 2.00 bits per heavy atom. The Bertz CT molecular complexity index is 820. The van der Waals surface area contributed by atoms with Gasteiger partial charge in [0.1, 0.15) is 11.9 Å². The van der Waals surface area contributed by atoms with Crippen LogP contribution >= 0.6 is 0 Å². The van der Waals surface area contributed by atoms with Crippen LogP contribution in [0.3, 0.4) is 0 Å². The molecule has 1 aromatic carbocycles. The molecule has 0 N–H and O–H groups in total. The molecule has 10 heteroatoms. The first-order chi connectivity index (χ1) is 12.3. The van der Waals surface area contributed by atoms with E-state index in [0.717, 1.165) is 18.2 Å². The highest BCUT2D eigenvalue weighted by Crippen LogP contribution is 2.23. The maximum Gasteiger partial charge on any atom is 0.347 e. The quantitative estimate of drug-likeness (QED) is 0.702. The number of benzene rings is 1. The van der Waals surface area contributed by atoms with E-state index in [1.165, 1.54) is 4.31 Å². The van der Waals surface area contributed by atoms with Gasteiger partial charge in [-0.2, -0.15) is 4.31 Å². The molecule has 2 aliphatic heterocycles. The summed E-state index contributed by atoms with van der Waals surface area (Å²) in [7, 11) is -3.89. The molecule has 142 valence electrons. The summed E-state index contributed by atoms with van der Waals surface area (Å²) in [5.41, 5.74) is -0.549. The van der Waals surface area contributed by atoms with Crippen LogP contribution in [-0.4, -0.2) is 63.2 Å². The van der Waals surface area contributed by atoms with Crippen LogP contribution < -0.4 is 0 Å². The molecule has 2 saturated heterocycles. The SMILES string of the molecule is C[C@@H]1C[C@@H](OC(=O)c2cc(S(=O)(=O)N3CCOCC3)ccc2F)C(=O)O1. The molecule has 1 aromatic rings. The van der Waals surface area contributed by atoms with Crippen molar-refractivity contribution in [2.45, 2.75) is 30.4 Å². The number of sulfonamides is 1. The second-order valence-corrected chi connectivity index (χ2v) is 7.97. The van der Waals surface area contributed by atoms with Crippen molar-refractivity contribution < 1.29 is 36.6 Å². The fourth-order valence-corrected chi connectivity index (χ4v) is 4.20. The average Bonchev–Trinajstić information content (AvgIpc) is 2.93. The van der Waals surface area contributed by atoms with Gasteiger partial charge in [-0.3, -0.25) is 0 Å². The third-order valence-corrected chi connectivity index (χ3v) is 6.04. The van der Waals surface area contributed by atoms with Crippen molar-refractivity contribution >= 4 is 22.0 Å². The molecule has 8 nitrogen and oxygen atoms in total. The summed E-state index contributed by atoms with van der Waals surface area (Å²) in [6.07, 6.45) is -1.37. The van der Waals surface area contributed by atoms with E-state index < -0.39 is 45.6 Å². The van der Waals surface area contributed by atoms with E-state index in [0.29, 0.717) is 0 Å². The van der Waals surface area contributed by atoms with E-state index in [1.54, 1.807) is 6.92 Å². The van der Waals surface area contributed by atoms with E-state index >= 15 is 0 Å². The zero-order valence-electron chi connectivity index (χ0n) is 14.0. The van der Waals surface area contributed by atoms with E-state index in [-0.39, 0.29) is 37.6 Å². The summed E-state index contributed by atoms with van der Waals surface area (Å²) in [6.45, 7) is 2.51. The zero-order chi connectivity index (χ0) is 18.9. The molecular weight excluding hydrogens is 369 g/mol. The summed E-state index contributed by atoms with van der Waals surface area (Å²) < 4.78 is 55.5. The molecule has 0 unspecified atom stereocenters. The normalized spacial score (nSPS) is 24.3. The van der Waals surface area contributed by atoms with Crippen molar-refractivity contribution in [1.29, 1.82) is 0 Å². The largest absolute Gasteiger partial charge is 0.460 e. The Hall–Kier alpha value is -2.04. The molecule has 0 aromatic heterocycles. The Morgan fingerprint density at radius 3 is 2.62 bits per heavy atom. The van der Waals surface area contributed by atoms with Crippen LogP contribution in [0, 0.1) is 5.82 Å². The lowest BCUT2D eigenvalue weighted by molar-refractivity contribution is -0.147. The predicted octanol–water partition coefficient (Wildman–Crippen LogP) is 0.707. The van der Waals surface area contributed by atoms with Gasteiger partial charge < -0.3 is 14.2 Å². The number of hydrogen-bond donors (Lipinski definition) is 0. The molecule has 2 aliphatic rings. The van der Waals surface area contributed by atoms with Crippen molar-refractivity contribution in [2.24, 2.45) is 0 Å². The zero-order valence-corrected chi connectivity index (χ0v) is 14.8. The van der Waals surface area contributed by atoms with Gasteiger partial charge in [-0.15, -0.1) is 0 Å². The number of morpholine rings is 1. The monoisotopic (exact) mass is 387 g/mol. The highest BCUT2D eigenvalue weighted by atomic mass is 32.2. The molecular formula is C16H18FNO7S. The number of cyclic esters (lactones) is 1. The number of esters is 2. The number of carbonyl (C=O) groups is 2. The van der Waals surface area contributed by atoms with Crippen LogP contribution in [0.5, 0.6) is 0 Å². The summed E-state index contributed by atoms with van der Waals surface area (Å²) >= 11 is 0. The second kappa shape index (κ2) is 7.29. The van der Waals surface area contributed by atoms with Crippen molar-refractivity contribution in [3.05, 3.63) is 29.6 Å². The summed E-state index contributed by atoms with van der Waals surface area (Å²) in [6, 6.07) is 2.90. The minimum atomic E-state index is -3.89. The average molecular weight is 387 g/mol. The molecule has 0 aliphatic carbocycles. The van der Waals surface area contributed by atoms with Gasteiger partial charge in [-0.25, -0.2) is 22.4 Å². The molecule has 2 fully saturated rings. The highest BCUT2D eigenvalue weighted by molar-refractivity contribution is 7.89. The fourth-order valence-electron chi connectivity index (χ4n) is 2.77. The lowest BCUT2D eigenvalue weighted by Crippen LogP contribution is -2.40. The van der Waals surface area contributed by atoms with Gasteiger partial charge in [-0.05, 0) is 25.1 Å². The van der Waals surface area contributed by atoms with Gasteiger partial charge in [0.2, 0.25) is 16.1 Å².